The van der Waals surface area contributed by atoms with E-state index in [1.165, 1.54) is 0 Å². The molecule has 0 fully saturated rings. The summed E-state index contributed by atoms with van der Waals surface area (Å²) in [7, 11) is 0. The van der Waals surface area contributed by atoms with E-state index in [4.69, 9.17) is 0 Å². The Bertz CT molecular complexity index is 470. The Hall–Kier alpha value is -1.84. The molecular formula is C18H27NO3. The second-order valence-electron chi connectivity index (χ2n) is 6.11. The first kappa shape index (κ1) is 18.2. The number of carbonyl (C=O) groups excluding carboxylic acids is 1. The maximum Gasteiger partial charge on any atom is 0.308 e. The largest absolute Gasteiger partial charge is 0.481 e. The molecule has 0 saturated carbocycles. The first-order chi connectivity index (χ1) is 10.5. The van der Waals surface area contributed by atoms with E-state index >= 15 is 0 Å². The van der Waals surface area contributed by atoms with Crippen LogP contribution in [0.25, 0.3) is 0 Å². The second-order valence-corrected chi connectivity index (χ2v) is 6.11. The minimum Gasteiger partial charge on any atom is -0.481 e. The zero-order chi connectivity index (χ0) is 16.5. The van der Waals surface area contributed by atoms with Gasteiger partial charge in [-0.2, -0.15) is 0 Å². The van der Waals surface area contributed by atoms with Crippen molar-refractivity contribution in [3.05, 3.63) is 35.9 Å². The maximum atomic E-state index is 12.3. The summed E-state index contributed by atoms with van der Waals surface area (Å²) in [5, 5.41) is 12.2. The van der Waals surface area contributed by atoms with E-state index in [-0.39, 0.29) is 24.3 Å². The number of carboxylic acid groups (broad SMARTS) is 1. The molecule has 2 unspecified atom stereocenters. The lowest BCUT2D eigenvalue weighted by atomic mass is 9.90. The average Bonchev–Trinajstić information content (AvgIpc) is 2.49. The first-order valence-electron chi connectivity index (χ1n) is 8.00. The Morgan fingerprint density at radius 1 is 1.18 bits per heavy atom. The molecule has 0 aliphatic heterocycles. The molecule has 1 rings (SSSR count). The van der Waals surface area contributed by atoms with Crippen molar-refractivity contribution in [1.29, 1.82) is 0 Å². The van der Waals surface area contributed by atoms with Crippen molar-refractivity contribution in [2.75, 3.05) is 6.54 Å². The van der Waals surface area contributed by atoms with Gasteiger partial charge < -0.3 is 10.4 Å². The number of benzene rings is 1. The number of carboxylic acids is 1. The molecule has 4 nitrogen and oxygen atoms in total. The molecule has 0 radical (unpaired) electrons. The van der Waals surface area contributed by atoms with Gasteiger partial charge in [0.15, 0.2) is 0 Å². The molecule has 1 amide bonds. The molecule has 0 aliphatic rings. The molecule has 0 aliphatic carbocycles. The van der Waals surface area contributed by atoms with Crippen molar-refractivity contribution in [1.82, 2.24) is 5.32 Å². The maximum absolute atomic E-state index is 12.3. The Morgan fingerprint density at radius 3 is 2.32 bits per heavy atom. The number of hydrogen-bond donors (Lipinski definition) is 2. The third kappa shape index (κ3) is 5.88. The fourth-order valence-corrected chi connectivity index (χ4v) is 2.58. The molecule has 0 heterocycles. The van der Waals surface area contributed by atoms with E-state index < -0.39 is 11.9 Å². The molecule has 122 valence electrons. The van der Waals surface area contributed by atoms with E-state index in [1.54, 1.807) is 0 Å². The third-order valence-electron chi connectivity index (χ3n) is 3.94. The summed E-state index contributed by atoms with van der Waals surface area (Å²) >= 11 is 0. The van der Waals surface area contributed by atoms with Gasteiger partial charge in [-0.25, -0.2) is 0 Å². The van der Waals surface area contributed by atoms with Crippen molar-refractivity contribution in [2.45, 2.75) is 40.0 Å². The van der Waals surface area contributed by atoms with Crippen molar-refractivity contribution < 1.29 is 14.7 Å². The molecular weight excluding hydrogens is 278 g/mol. The van der Waals surface area contributed by atoms with Gasteiger partial charge in [0.1, 0.15) is 0 Å². The van der Waals surface area contributed by atoms with Crippen LogP contribution in [0.2, 0.25) is 0 Å². The number of carbonyl (C=O) groups is 2. The number of amides is 1. The molecule has 1 aromatic carbocycles. The highest BCUT2D eigenvalue weighted by atomic mass is 16.4. The monoisotopic (exact) mass is 305 g/mol. The highest BCUT2D eigenvalue weighted by molar-refractivity contribution is 5.79. The molecule has 22 heavy (non-hydrogen) atoms. The molecule has 1 aromatic rings. The van der Waals surface area contributed by atoms with Crippen LogP contribution in [0.3, 0.4) is 0 Å². The van der Waals surface area contributed by atoms with Gasteiger partial charge >= 0.3 is 5.97 Å². The zero-order valence-corrected chi connectivity index (χ0v) is 13.7. The Morgan fingerprint density at radius 2 is 1.82 bits per heavy atom. The summed E-state index contributed by atoms with van der Waals surface area (Å²) in [5.41, 5.74) is 0.970. The van der Waals surface area contributed by atoms with Crippen molar-refractivity contribution in [3.8, 4) is 0 Å². The molecule has 2 atom stereocenters. The van der Waals surface area contributed by atoms with Gasteiger partial charge in [-0.3, -0.25) is 9.59 Å². The fourth-order valence-electron chi connectivity index (χ4n) is 2.58. The minimum absolute atomic E-state index is 0.0313. The van der Waals surface area contributed by atoms with Gasteiger partial charge in [0.25, 0.3) is 0 Å². The zero-order valence-electron chi connectivity index (χ0n) is 13.7. The van der Waals surface area contributed by atoms with Gasteiger partial charge in [-0.15, -0.1) is 0 Å². The van der Waals surface area contributed by atoms with Crippen molar-refractivity contribution in [2.24, 2.45) is 17.8 Å². The number of nitrogens with one attached hydrogen (secondary N) is 1. The van der Waals surface area contributed by atoms with Crippen LogP contribution < -0.4 is 5.32 Å². The molecule has 0 spiro atoms. The fraction of sp³-hybridized carbons (Fsp3) is 0.556. The second kappa shape index (κ2) is 9.23. The summed E-state index contributed by atoms with van der Waals surface area (Å²) in [5.74, 6) is -1.29. The lowest BCUT2D eigenvalue weighted by molar-refractivity contribution is -0.141. The summed E-state index contributed by atoms with van der Waals surface area (Å²) in [6.07, 6.45) is 2.21. The van der Waals surface area contributed by atoms with E-state index in [2.05, 4.69) is 12.2 Å². The van der Waals surface area contributed by atoms with Crippen LogP contribution in [0.1, 0.15) is 39.2 Å². The van der Waals surface area contributed by atoms with Gasteiger partial charge in [0.05, 0.1) is 5.92 Å². The average molecular weight is 305 g/mol. The van der Waals surface area contributed by atoms with Crippen LogP contribution in [0, 0.1) is 17.8 Å². The van der Waals surface area contributed by atoms with Gasteiger partial charge in [0, 0.05) is 12.5 Å². The minimum atomic E-state index is -0.874. The van der Waals surface area contributed by atoms with Crippen molar-refractivity contribution in [3.63, 3.8) is 0 Å². The van der Waals surface area contributed by atoms with Crippen LogP contribution in [0.5, 0.6) is 0 Å². The predicted molar refractivity (Wildman–Crippen MR) is 87.5 cm³/mol. The van der Waals surface area contributed by atoms with Crippen LogP contribution in [0.15, 0.2) is 30.3 Å². The first-order valence-corrected chi connectivity index (χ1v) is 8.00. The SMILES string of the molecule is CCCC(C(=O)NCC(Cc1ccccc1)C(=O)O)C(C)C. The lowest BCUT2D eigenvalue weighted by Crippen LogP contribution is -2.39. The van der Waals surface area contributed by atoms with E-state index in [1.807, 2.05) is 44.2 Å². The van der Waals surface area contributed by atoms with E-state index in [9.17, 15) is 14.7 Å². The van der Waals surface area contributed by atoms with Crippen LogP contribution in [0.4, 0.5) is 0 Å². The quantitative estimate of drug-likeness (QED) is 0.736. The third-order valence-corrected chi connectivity index (χ3v) is 3.94. The highest BCUT2D eigenvalue weighted by Gasteiger charge is 2.24. The standard InChI is InChI=1S/C18H27NO3/c1-4-8-16(13(2)3)17(20)19-12-15(18(21)22)11-14-9-6-5-7-10-14/h5-7,9-10,13,15-16H,4,8,11-12H2,1-3H3,(H,19,20)(H,21,22). The van der Waals surface area contributed by atoms with Crippen LogP contribution in [-0.4, -0.2) is 23.5 Å². The summed E-state index contributed by atoms with van der Waals surface area (Å²) in [6, 6.07) is 9.50. The van der Waals surface area contributed by atoms with Gasteiger partial charge in [-0.05, 0) is 24.3 Å². The smallest absolute Gasteiger partial charge is 0.308 e. The lowest BCUT2D eigenvalue weighted by Gasteiger charge is -2.21. The van der Waals surface area contributed by atoms with Crippen LogP contribution >= 0.6 is 0 Å². The number of aliphatic carboxylic acids is 1. The Balaban J connectivity index is 2.60. The van der Waals surface area contributed by atoms with Gasteiger partial charge in [-0.1, -0.05) is 57.5 Å². The molecule has 0 saturated heterocycles. The topological polar surface area (TPSA) is 66.4 Å². The molecule has 4 heteroatoms. The number of hydrogen-bond acceptors (Lipinski definition) is 2. The van der Waals surface area contributed by atoms with Crippen LogP contribution in [-0.2, 0) is 16.0 Å². The Kier molecular flexibility index (Phi) is 7.64. The van der Waals surface area contributed by atoms with Crippen molar-refractivity contribution >= 4 is 11.9 Å². The van der Waals surface area contributed by atoms with Gasteiger partial charge in [0.2, 0.25) is 5.91 Å². The molecule has 0 bridgehead atoms. The normalized spacial score (nSPS) is 13.6. The number of rotatable bonds is 9. The van der Waals surface area contributed by atoms with E-state index in [0.29, 0.717) is 6.42 Å². The Labute approximate surface area is 132 Å². The predicted octanol–water partition coefficient (Wildman–Crippen LogP) is 3.12. The summed E-state index contributed by atoms with van der Waals surface area (Å²) in [4.78, 5) is 23.6. The molecule has 0 aromatic heterocycles. The molecule has 2 N–H and O–H groups in total. The van der Waals surface area contributed by atoms with E-state index in [0.717, 1.165) is 18.4 Å². The summed E-state index contributed by atoms with van der Waals surface area (Å²) in [6.45, 7) is 6.28. The highest BCUT2D eigenvalue weighted by Crippen LogP contribution is 2.17. The summed E-state index contributed by atoms with van der Waals surface area (Å²) < 4.78 is 0.